The molecule has 0 aliphatic carbocycles. The number of aliphatic carboxylic acids is 1. The molecule has 0 radical (unpaired) electrons. The van der Waals surface area contributed by atoms with Crippen LogP contribution in [0.4, 0.5) is 0 Å². The monoisotopic (exact) mass is 223 g/mol. The molecule has 0 spiro atoms. The van der Waals surface area contributed by atoms with Gasteiger partial charge in [0, 0.05) is 19.5 Å². The van der Waals surface area contributed by atoms with Gasteiger partial charge in [-0.3, -0.25) is 4.79 Å². The van der Waals surface area contributed by atoms with Crippen LogP contribution in [0.1, 0.15) is 33.6 Å². The van der Waals surface area contributed by atoms with E-state index in [1.54, 1.807) is 0 Å². The normalized spacial score (nSPS) is 25.5. The van der Waals surface area contributed by atoms with Crippen molar-refractivity contribution in [3.8, 4) is 11.8 Å². The minimum atomic E-state index is -0.647. The second-order valence-electron chi connectivity index (χ2n) is 4.82. The van der Waals surface area contributed by atoms with Crippen LogP contribution in [0.25, 0.3) is 0 Å². The molecule has 1 unspecified atom stereocenters. The largest absolute Gasteiger partial charge is 0.481 e. The molecule has 1 aliphatic rings. The average molecular weight is 223 g/mol. The molecule has 3 heteroatoms. The Balaban J connectivity index is 2.59. The van der Waals surface area contributed by atoms with Crippen LogP contribution in [-0.4, -0.2) is 35.6 Å². The molecule has 0 amide bonds. The Kier molecular flexibility index (Phi) is 4.37. The molecule has 0 aromatic carbocycles. The zero-order valence-electron chi connectivity index (χ0n) is 10.4. The minimum absolute atomic E-state index is 0.187. The summed E-state index contributed by atoms with van der Waals surface area (Å²) in [6.07, 6.45) is 1.60. The van der Waals surface area contributed by atoms with Gasteiger partial charge >= 0.3 is 5.97 Å². The average Bonchev–Trinajstić information content (AvgIpc) is 2.64. The first-order valence-electron chi connectivity index (χ1n) is 5.88. The summed E-state index contributed by atoms with van der Waals surface area (Å²) in [6.45, 7) is 8.29. The minimum Gasteiger partial charge on any atom is -0.481 e. The van der Waals surface area contributed by atoms with Crippen molar-refractivity contribution in [1.82, 2.24) is 4.90 Å². The third kappa shape index (κ3) is 2.56. The highest BCUT2D eigenvalue weighted by Crippen LogP contribution is 2.38. The Morgan fingerprint density at radius 2 is 2.25 bits per heavy atom. The number of rotatable bonds is 4. The van der Waals surface area contributed by atoms with E-state index in [2.05, 4.69) is 16.7 Å². The number of carboxylic acid groups (broad SMARTS) is 1. The summed E-state index contributed by atoms with van der Waals surface area (Å²) >= 11 is 0. The number of nitrogens with zero attached hydrogens (tertiary/aromatic N) is 1. The summed E-state index contributed by atoms with van der Waals surface area (Å²) in [5, 5.41) is 9.37. The van der Waals surface area contributed by atoms with Crippen molar-refractivity contribution in [2.45, 2.75) is 33.6 Å². The van der Waals surface area contributed by atoms with Crippen molar-refractivity contribution in [2.75, 3.05) is 19.6 Å². The van der Waals surface area contributed by atoms with Gasteiger partial charge in [-0.05, 0) is 25.8 Å². The first-order valence-corrected chi connectivity index (χ1v) is 5.88. The van der Waals surface area contributed by atoms with E-state index in [9.17, 15) is 9.90 Å². The predicted octanol–water partition coefficient (Wildman–Crippen LogP) is 1.83. The van der Waals surface area contributed by atoms with Crippen LogP contribution in [0.5, 0.6) is 0 Å². The van der Waals surface area contributed by atoms with Crippen LogP contribution in [0, 0.1) is 23.2 Å². The first-order chi connectivity index (χ1) is 7.53. The number of hydrogen-bond donors (Lipinski definition) is 1. The first kappa shape index (κ1) is 13.1. The number of likely N-dealkylation sites (tertiary alicyclic amines) is 1. The van der Waals surface area contributed by atoms with Crippen molar-refractivity contribution >= 4 is 5.97 Å². The van der Waals surface area contributed by atoms with E-state index in [-0.39, 0.29) is 5.92 Å². The van der Waals surface area contributed by atoms with Gasteiger partial charge in [-0.25, -0.2) is 0 Å². The van der Waals surface area contributed by atoms with Gasteiger partial charge in [0.1, 0.15) is 0 Å². The molecule has 1 rings (SSSR count). The molecule has 1 saturated heterocycles. The molecule has 0 bridgehead atoms. The lowest BCUT2D eigenvalue weighted by molar-refractivity contribution is -0.151. The second kappa shape index (κ2) is 5.36. The number of carbonyl (C=O) groups is 1. The third-order valence-electron chi connectivity index (χ3n) is 3.64. The second-order valence-corrected chi connectivity index (χ2v) is 4.82. The zero-order chi connectivity index (χ0) is 12.2. The lowest BCUT2D eigenvalue weighted by Gasteiger charge is -2.28. The number of carboxylic acids is 1. The molecule has 3 nitrogen and oxygen atoms in total. The summed E-state index contributed by atoms with van der Waals surface area (Å²) < 4.78 is 0. The SMILES string of the molecule is CC#CCCN1CCC(C(=O)O)(C(C)C)C1. The third-order valence-corrected chi connectivity index (χ3v) is 3.64. The zero-order valence-corrected chi connectivity index (χ0v) is 10.4. The Hall–Kier alpha value is -1.01. The molecule has 0 aromatic heterocycles. The maximum Gasteiger partial charge on any atom is 0.311 e. The number of hydrogen-bond acceptors (Lipinski definition) is 2. The summed E-state index contributed by atoms with van der Waals surface area (Å²) in [5.41, 5.74) is -0.542. The van der Waals surface area contributed by atoms with E-state index < -0.39 is 11.4 Å². The molecule has 90 valence electrons. The van der Waals surface area contributed by atoms with E-state index in [0.717, 1.165) is 25.9 Å². The van der Waals surface area contributed by atoms with Crippen molar-refractivity contribution in [3.63, 3.8) is 0 Å². The smallest absolute Gasteiger partial charge is 0.311 e. The van der Waals surface area contributed by atoms with Gasteiger partial charge in [0.25, 0.3) is 0 Å². The van der Waals surface area contributed by atoms with Crippen molar-refractivity contribution in [1.29, 1.82) is 0 Å². The van der Waals surface area contributed by atoms with E-state index in [4.69, 9.17) is 0 Å². The van der Waals surface area contributed by atoms with Crippen molar-refractivity contribution in [2.24, 2.45) is 11.3 Å². The molecular formula is C13H21NO2. The molecule has 16 heavy (non-hydrogen) atoms. The topological polar surface area (TPSA) is 40.5 Å². The standard InChI is InChI=1S/C13H21NO2/c1-4-5-6-8-14-9-7-13(10-14,11(2)3)12(15)16/h11H,6-10H2,1-3H3,(H,15,16). The molecule has 1 fully saturated rings. The fourth-order valence-corrected chi connectivity index (χ4v) is 2.34. The fourth-order valence-electron chi connectivity index (χ4n) is 2.34. The van der Waals surface area contributed by atoms with Gasteiger partial charge in [-0.2, -0.15) is 0 Å². The van der Waals surface area contributed by atoms with Crippen LogP contribution in [0.15, 0.2) is 0 Å². The fraction of sp³-hybridized carbons (Fsp3) is 0.769. The maximum atomic E-state index is 11.4. The van der Waals surface area contributed by atoms with E-state index in [0.29, 0.717) is 6.54 Å². The Morgan fingerprint density at radius 3 is 2.69 bits per heavy atom. The lowest BCUT2D eigenvalue weighted by Crippen LogP contribution is -2.39. The summed E-state index contributed by atoms with van der Waals surface area (Å²) in [7, 11) is 0. The van der Waals surface area contributed by atoms with Gasteiger partial charge in [-0.15, -0.1) is 11.8 Å². The lowest BCUT2D eigenvalue weighted by atomic mass is 9.76. The predicted molar refractivity (Wildman–Crippen MR) is 64.0 cm³/mol. The van der Waals surface area contributed by atoms with E-state index >= 15 is 0 Å². The van der Waals surface area contributed by atoms with Crippen molar-refractivity contribution in [3.05, 3.63) is 0 Å². The highest BCUT2D eigenvalue weighted by molar-refractivity contribution is 5.75. The Morgan fingerprint density at radius 1 is 1.56 bits per heavy atom. The van der Waals surface area contributed by atoms with Crippen LogP contribution in [0.3, 0.4) is 0 Å². The quantitative estimate of drug-likeness (QED) is 0.739. The molecule has 0 aromatic rings. The molecular weight excluding hydrogens is 202 g/mol. The molecule has 1 N–H and O–H groups in total. The Labute approximate surface area is 97.8 Å². The highest BCUT2D eigenvalue weighted by atomic mass is 16.4. The molecule has 0 saturated carbocycles. The van der Waals surface area contributed by atoms with Crippen LogP contribution in [-0.2, 0) is 4.79 Å². The molecule has 1 heterocycles. The van der Waals surface area contributed by atoms with Gasteiger partial charge in [0.05, 0.1) is 5.41 Å². The van der Waals surface area contributed by atoms with Crippen molar-refractivity contribution < 1.29 is 9.90 Å². The van der Waals surface area contributed by atoms with Gasteiger partial charge in [0.15, 0.2) is 0 Å². The van der Waals surface area contributed by atoms with Gasteiger partial charge < -0.3 is 10.0 Å². The molecule has 1 aliphatic heterocycles. The van der Waals surface area contributed by atoms with Crippen LogP contribution < -0.4 is 0 Å². The Bertz CT molecular complexity index is 314. The van der Waals surface area contributed by atoms with Gasteiger partial charge in [-0.1, -0.05) is 13.8 Å². The van der Waals surface area contributed by atoms with E-state index in [1.807, 2.05) is 20.8 Å². The summed E-state index contributed by atoms with van der Waals surface area (Å²) in [4.78, 5) is 13.6. The van der Waals surface area contributed by atoms with Gasteiger partial charge in [0.2, 0.25) is 0 Å². The van der Waals surface area contributed by atoms with Crippen LogP contribution in [0.2, 0.25) is 0 Å². The highest BCUT2D eigenvalue weighted by Gasteiger charge is 2.46. The van der Waals surface area contributed by atoms with Crippen LogP contribution >= 0.6 is 0 Å². The molecule has 1 atom stereocenters. The summed E-state index contributed by atoms with van der Waals surface area (Å²) in [5.74, 6) is 5.43. The van der Waals surface area contributed by atoms with E-state index in [1.165, 1.54) is 0 Å². The maximum absolute atomic E-state index is 11.4. The summed E-state index contributed by atoms with van der Waals surface area (Å²) in [6, 6.07) is 0.